The fraction of sp³-hybridized carbons (Fsp3) is 0.286. The number of benzene rings is 1. The second-order valence-electron chi connectivity index (χ2n) is 4.28. The first-order valence-corrected chi connectivity index (χ1v) is 6.89. The third-order valence-corrected chi connectivity index (χ3v) is 3.94. The van der Waals surface area contributed by atoms with Gasteiger partial charge in [-0.25, -0.2) is 9.78 Å². The summed E-state index contributed by atoms with van der Waals surface area (Å²) in [7, 11) is 2.94. The molecule has 0 fully saturated rings. The van der Waals surface area contributed by atoms with Gasteiger partial charge in [0.1, 0.15) is 10.8 Å². The van der Waals surface area contributed by atoms with E-state index >= 15 is 0 Å². The average molecular weight is 292 g/mol. The van der Waals surface area contributed by atoms with Gasteiger partial charge in [-0.2, -0.15) is 0 Å². The molecule has 1 N–H and O–H groups in total. The molecule has 20 heavy (non-hydrogen) atoms. The highest BCUT2D eigenvalue weighted by Gasteiger charge is 2.39. The molecule has 1 heterocycles. The summed E-state index contributed by atoms with van der Waals surface area (Å²) in [6, 6.07) is 7.39. The van der Waals surface area contributed by atoms with E-state index in [2.05, 4.69) is 10.3 Å². The first-order valence-electron chi connectivity index (χ1n) is 6.01. The molecule has 0 aliphatic rings. The Kier molecular flexibility index (Phi) is 4.24. The molecule has 0 spiro atoms. The molecule has 1 atom stereocenters. The minimum atomic E-state index is -1.06. The zero-order valence-electron chi connectivity index (χ0n) is 11.5. The number of anilines is 1. The summed E-state index contributed by atoms with van der Waals surface area (Å²) in [5.41, 5.74) is -0.351. The van der Waals surface area contributed by atoms with E-state index < -0.39 is 11.5 Å². The van der Waals surface area contributed by atoms with Crippen LogP contribution in [-0.2, 0) is 15.1 Å². The second kappa shape index (κ2) is 5.92. The van der Waals surface area contributed by atoms with Gasteiger partial charge in [-0.15, -0.1) is 11.3 Å². The summed E-state index contributed by atoms with van der Waals surface area (Å²) in [6.07, 6.45) is 1.66. The van der Waals surface area contributed by atoms with Crippen molar-refractivity contribution >= 4 is 23.0 Å². The second-order valence-corrected chi connectivity index (χ2v) is 5.17. The van der Waals surface area contributed by atoms with E-state index in [4.69, 9.17) is 9.47 Å². The van der Waals surface area contributed by atoms with Crippen LogP contribution in [0.15, 0.2) is 35.8 Å². The Morgan fingerprint density at radius 3 is 2.70 bits per heavy atom. The number of carbonyl (C=O) groups excluding carboxylic acids is 1. The van der Waals surface area contributed by atoms with Gasteiger partial charge in [0.15, 0.2) is 5.54 Å². The number of carbonyl (C=O) groups is 1. The van der Waals surface area contributed by atoms with Gasteiger partial charge in [0.2, 0.25) is 0 Å². The van der Waals surface area contributed by atoms with E-state index in [1.54, 1.807) is 20.2 Å². The smallest absolute Gasteiger partial charge is 0.338 e. The lowest BCUT2D eigenvalue weighted by molar-refractivity contribution is -0.145. The monoisotopic (exact) mass is 292 g/mol. The Balaban J connectivity index is 2.41. The lowest BCUT2D eigenvalue weighted by atomic mass is 10.0. The molecule has 0 radical (unpaired) electrons. The van der Waals surface area contributed by atoms with Crippen molar-refractivity contribution in [2.75, 3.05) is 19.5 Å². The molecule has 5 nitrogen and oxygen atoms in total. The fourth-order valence-corrected chi connectivity index (χ4v) is 2.63. The molecule has 106 valence electrons. The van der Waals surface area contributed by atoms with E-state index in [0.29, 0.717) is 16.4 Å². The van der Waals surface area contributed by atoms with Crippen LogP contribution in [0.1, 0.15) is 11.9 Å². The van der Waals surface area contributed by atoms with Crippen LogP contribution in [-0.4, -0.2) is 25.2 Å². The largest absolute Gasteiger partial charge is 0.495 e. The number of hydrogen-bond acceptors (Lipinski definition) is 6. The van der Waals surface area contributed by atoms with E-state index in [9.17, 15) is 4.79 Å². The van der Waals surface area contributed by atoms with E-state index in [1.807, 2.05) is 29.6 Å². The molecule has 0 amide bonds. The standard InChI is InChI=1S/C14H16N2O3S/c1-14(13(17)19-3,12-15-8-9-20-12)16-10-6-4-5-7-11(10)18-2/h4-9,16H,1-3H3. The van der Waals surface area contributed by atoms with Crippen LogP contribution >= 0.6 is 11.3 Å². The Bertz CT molecular complexity index is 586. The number of thiazole rings is 1. The number of methoxy groups -OCH3 is 2. The normalized spacial score (nSPS) is 13.3. The number of esters is 1. The van der Waals surface area contributed by atoms with Gasteiger partial charge in [0, 0.05) is 11.6 Å². The van der Waals surface area contributed by atoms with Crippen molar-refractivity contribution in [3.05, 3.63) is 40.8 Å². The van der Waals surface area contributed by atoms with Crippen LogP contribution < -0.4 is 10.1 Å². The van der Waals surface area contributed by atoms with Gasteiger partial charge in [0.05, 0.1) is 19.9 Å². The highest BCUT2D eigenvalue weighted by atomic mass is 32.1. The van der Waals surface area contributed by atoms with Gasteiger partial charge in [-0.3, -0.25) is 0 Å². The summed E-state index contributed by atoms with van der Waals surface area (Å²) in [5, 5.41) is 5.63. The quantitative estimate of drug-likeness (QED) is 0.858. The zero-order valence-corrected chi connectivity index (χ0v) is 12.4. The maximum absolute atomic E-state index is 12.2. The maximum Gasteiger partial charge on any atom is 0.338 e. The molecule has 1 unspecified atom stereocenters. The van der Waals surface area contributed by atoms with Crippen molar-refractivity contribution in [3.63, 3.8) is 0 Å². The van der Waals surface area contributed by atoms with Crippen molar-refractivity contribution in [3.8, 4) is 5.75 Å². The molecule has 0 saturated heterocycles. The van der Waals surface area contributed by atoms with Gasteiger partial charge >= 0.3 is 5.97 Å². The summed E-state index contributed by atoms with van der Waals surface area (Å²) in [6.45, 7) is 1.74. The van der Waals surface area contributed by atoms with E-state index in [-0.39, 0.29) is 0 Å². The lowest BCUT2D eigenvalue weighted by Crippen LogP contribution is -2.41. The summed E-state index contributed by atoms with van der Waals surface area (Å²) in [4.78, 5) is 16.4. The molecule has 0 aliphatic carbocycles. The van der Waals surface area contributed by atoms with Crippen molar-refractivity contribution in [2.24, 2.45) is 0 Å². The number of para-hydroxylation sites is 2. The van der Waals surface area contributed by atoms with Gasteiger partial charge in [0.25, 0.3) is 0 Å². The van der Waals surface area contributed by atoms with Crippen LogP contribution in [0.3, 0.4) is 0 Å². The third-order valence-electron chi connectivity index (χ3n) is 2.95. The highest BCUT2D eigenvalue weighted by Crippen LogP contribution is 2.33. The average Bonchev–Trinajstić information content (AvgIpc) is 3.01. The summed E-state index contributed by atoms with van der Waals surface area (Å²) in [5.74, 6) is 0.248. The number of rotatable bonds is 5. The molecule has 1 aromatic carbocycles. The minimum Gasteiger partial charge on any atom is -0.495 e. The SMILES string of the molecule is COC(=O)C(C)(Nc1ccccc1OC)c1nccs1. The molecule has 0 aliphatic heterocycles. The molecular weight excluding hydrogens is 276 g/mol. The molecule has 2 rings (SSSR count). The first kappa shape index (κ1) is 14.3. The number of nitrogens with zero attached hydrogens (tertiary/aromatic N) is 1. The molecule has 0 bridgehead atoms. The number of ether oxygens (including phenoxy) is 2. The van der Waals surface area contributed by atoms with Crippen LogP contribution in [0, 0.1) is 0 Å². The molecular formula is C14H16N2O3S. The zero-order chi connectivity index (χ0) is 14.6. The Morgan fingerprint density at radius 2 is 2.10 bits per heavy atom. The maximum atomic E-state index is 12.2. The molecule has 1 aromatic heterocycles. The fourth-order valence-electron chi connectivity index (χ4n) is 1.88. The number of aromatic nitrogens is 1. The van der Waals surface area contributed by atoms with Gasteiger partial charge in [-0.1, -0.05) is 12.1 Å². The van der Waals surface area contributed by atoms with Crippen molar-refractivity contribution in [2.45, 2.75) is 12.5 Å². The summed E-state index contributed by atoms with van der Waals surface area (Å²) >= 11 is 1.39. The third kappa shape index (κ3) is 2.60. The highest BCUT2D eigenvalue weighted by molar-refractivity contribution is 7.09. The van der Waals surface area contributed by atoms with Crippen molar-refractivity contribution in [1.29, 1.82) is 0 Å². The summed E-state index contributed by atoms with van der Waals surface area (Å²) < 4.78 is 10.2. The predicted octanol–water partition coefficient (Wildman–Crippen LogP) is 2.65. The van der Waals surface area contributed by atoms with Gasteiger partial charge in [-0.05, 0) is 19.1 Å². The van der Waals surface area contributed by atoms with Crippen LogP contribution in [0.25, 0.3) is 0 Å². The van der Waals surface area contributed by atoms with Crippen molar-refractivity contribution < 1.29 is 14.3 Å². The van der Waals surface area contributed by atoms with Gasteiger partial charge < -0.3 is 14.8 Å². The van der Waals surface area contributed by atoms with E-state index in [0.717, 1.165) is 0 Å². The Labute approximate surface area is 121 Å². The van der Waals surface area contributed by atoms with Crippen molar-refractivity contribution in [1.82, 2.24) is 4.98 Å². The van der Waals surface area contributed by atoms with Crippen LogP contribution in [0.5, 0.6) is 5.75 Å². The topological polar surface area (TPSA) is 60.5 Å². The Hall–Kier alpha value is -2.08. The number of nitrogens with one attached hydrogen (secondary N) is 1. The van der Waals surface area contributed by atoms with Crippen LogP contribution in [0.2, 0.25) is 0 Å². The minimum absolute atomic E-state index is 0.404. The van der Waals surface area contributed by atoms with E-state index in [1.165, 1.54) is 18.4 Å². The predicted molar refractivity (Wildman–Crippen MR) is 78.1 cm³/mol. The lowest BCUT2D eigenvalue weighted by Gasteiger charge is -2.27. The van der Waals surface area contributed by atoms with Crippen LogP contribution in [0.4, 0.5) is 5.69 Å². The molecule has 6 heteroatoms. The molecule has 0 saturated carbocycles. The Morgan fingerprint density at radius 1 is 1.35 bits per heavy atom. The molecule has 2 aromatic rings. The number of hydrogen-bond donors (Lipinski definition) is 1. The first-order chi connectivity index (χ1) is 9.61.